The van der Waals surface area contributed by atoms with E-state index in [1.54, 1.807) is 30.5 Å². The lowest BCUT2D eigenvalue weighted by atomic mass is 10.0. The Morgan fingerprint density at radius 3 is 2.35 bits per heavy atom. The second-order valence-electron chi connectivity index (χ2n) is 9.09. The van der Waals surface area contributed by atoms with Crippen LogP contribution in [-0.2, 0) is 16.4 Å². The maximum Gasteiger partial charge on any atom is 0.208 e. The molecule has 1 fully saturated rings. The minimum Gasteiger partial charge on any atom is -0.369 e. The Bertz CT molecular complexity index is 1200. The topological polar surface area (TPSA) is 45.6 Å². The largest absolute Gasteiger partial charge is 0.369 e. The number of anilines is 1. The number of nitrogens with zero attached hydrogens (tertiary/aromatic N) is 3. The molecule has 1 aliphatic heterocycles. The van der Waals surface area contributed by atoms with Gasteiger partial charge in [0.25, 0.3) is 0 Å². The molecule has 2 heterocycles. The Hall–Kier alpha value is -2.38. The highest BCUT2D eigenvalue weighted by atomic mass is 32.2. The van der Waals surface area contributed by atoms with E-state index in [-0.39, 0.29) is 15.3 Å². The molecule has 1 aromatic heterocycles. The Morgan fingerprint density at radius 1 is 1.00 bits per heavy atom. The van der Waals surface area contributed by atoms with E-state index in [0.29, 0.717) is 11.9 Å². The van der Waals surface area contributed by atoms with Gasteiger partial charge in [0, 0.05) is 61.0 Å². The molecule has 0 aliphatic carbocycles. The molecule has 7 heteroatoms. The molecule has 0 spiro atoms. The first-order valence-electron chi connectivity index (χ1n) is 10.7. The Balaban J connectivity index is 1.68. The summed E-state index contributed by atoms with van der Waals surface area (Å²) in [5, 5.41) is 0.422. The Kier molecular flexibility index (Phi) is 5.60. The van der Waals surface area contributed by atoms with Crippen molar-refractivity contribution in [2.75, 3.05) is 31.1 Å². The highest BCUT2D eigenvalue weighted by Gasteiger charge is 2.28. The van der Waals surface area contributed by atoms with Crippen LogP contribution in [0.4, 0.5) is 10.1 Å². The van der Waals surface area contributed by atoms with Gasteiger partial charge in [0.05, 0.1) is 9.79 Å². The number of hydrogen-bond acceptors (Lipinski definition) is 4. The fourth-order valence-corrected chi connectivity index (χ4v) is 5.83. The third kappa shape index (κ3) is 4.08. The number of benzene rings is 2. The molecule has 166 valence electrons. The van der Waals surface area contributed by atoms with Crippen molar-refractivity contribution in [3.63, 3.8) is 0 Å². The molecule has 0 N–H and O–H groups in total. The van der Waals surface area contributed by atoms with E-state index >= 15 is 0 Å². The molecule has 0 saturated carbocycles. The Labute approximate surface area is 184 Å². The number of halogens is 1. The smallest absolute Gasteiger partial charge is 0.208 e. The van der Waals surface area contributed by atoms with Gasteiger partial charge in [-0.1, -0.05) is 6.07 Å². The van der Waals surface area contributed by atoms with Crippen LogP contribution in [0.15, 0.2) is 58.5 Å². The van der Waals surface area contributed by atoms with Crippen LogP contribution >= 0.6 is 0 Å². The van der Waals surface area contributed by atoms with Crippen molar-refractivity contribution in [1.82, 2.24) is 9.47 Å². The van der Waals surface area contributed by atoms with Crippen molar-refractivity contribution in [1.29, 1.82) is 0 Å². The summed E-state index contributed by atoms with van der Waals surface area (Å²) in [5.74, 6) is -0.441. The molecule has 1 saturated heterocycles. The summed E-state index contributed by atoms with van der Waals surface area (Å²) >= 11 is 0. The van der Waals surface area contributed by atoms with E-state index in [1.165, 1.54) is 12.1 Å². The molecule has 0 unspecified atom stereocenters. The number of rotatable bonds is 4. The molecule has 4 rings (SSSR count). The minimum atomic E-state index is -3.79. The zero-order chi connectivity index (χ0) is 22.4. The second kappa shape index (κ2) is 7.95. The van der Waals surface area contributed by atoms with Crippen molar-refractivity contribution in [2.45, 2.75) is 49.6 Å². The molecular weight excluding hydrogens is 413 g/mol. The third-order valence-corrected chi connectivity index (χ3v) is 7.94. The van der Waals surface area contributed by atoms with Crippen LogP contribution in [-0.4, -0.2) is 49.6 Å². The highest BCUT2D eigenvalue weighted by Crippen LogP contribution is 2.32. The maximum absolute atomic E-state index is 13.9. The summed E-state index contributed by atoms with van der Waals surface area (Å²) in [6.45, 7) is 12.8. The van der Waals surface area contributed by atoms with Crippen LogP contribution in [0.5, 0.6) is 0 Å². The lowest BCUT2D eigenvalue weighted by Crippen LogP contribution is -2.53. The summed E-state index contributed by atoms with van der Waals surface area (Å²) in [4.78, 5) is 5.07. The quantitative estimate of drug-likeness (QED) is 0.593. The summed E-state index contributed by atoms with van der Waals surface area (Å²) in [6.07, 6.45) is 1.62. The number of piperazine rings is 1. The van der Waals surface area contributed by atoms with Crippen LogP contribution in [0.25, 0.3) is 10.9 Å². The van der Waals surface area contributed by atoms with Gasteiger partial charge in [-0.25, -0.2) is 12.8 Å². The summed E-state index contributed by atoms with van der Waals surface area (Å²) in [6, 6.07) is 11.4. The molecule has 1 aliphatic rings. The normalized spacial score (nSPS) is 16.2. The summed E-state index contributed by atoms with van der Waals surface area (Å²) in [5.41, 5.74) is 1.75. The molecule has 0 atom stereocenters. The number of hydrogen-bond donors (Lipinski definition) is 0. The first-order valence-corrected chi connectivity index (χ1v) is 12.2. The number of sulfone groups is 1. The molecule has 0 radical (unpaired) electrons. The summed E-state index contributed by atoms with van der Waals surface area (Å²) < 4.78 is 42.9. The monoisotopic (exact) mass is 443 g/mol. The van der Waals surface area contributed by atoms with Crippen molar-refractivity contribution in [3.05, 3.63) is 54.5 Å². The standard InChI is InChI=1S/C24H30FN3O2S/c1-5-26-17-23(21-15-18(25)9-10-22(21)26)31(29,30)20-8-6-7-19(16-20)27-11-13-28(14-12-27)24(2,3)4/h6-10,15-17H,5,11-14H2,1-4H3. The third-order valence-electron chi connectivity index (χ3n) is 6.16. The zero-order valence-corrected chi connectivity index (χ0v) is 19.4. The predicted molar refractivity (Wildman–Crippen MR) is 123 cm³/mol. The number of aryl methyl sites for hydroxylation is 1. The van der Waals surface area contributed by atoms with Gasteiger partial charge in [-0.05, 0) is 64.1 Å². The first kappa shape index (κ1) is 21.8. The number of aromatic nitrogens is 1. The lowest BCUT2D eigenvalue weighted by molar-refractivity contribution is 0.128. The van der Waals surface area contributed by atoms with Crippen LogP contribution < -0.4 is 4.90 Å². The number of fused-ring (bicyclic) bond motifs is 1. The average Bonchev–Trinajstić information content (AvgIpc) is 3.12. The maximum atomic E-state index is 13.9. The minimum absolute atomic E-state index is 0.125. The van der Waals surface area contributed by atoms with Crippen LogP contribution in [0.3, 0.4) is 0 Å². The van der Waals surface area contributed by atoms with Crippen LogP contribution in [0, 0.1) is 5.82 Å². The second-order valence-corrected chi connectivity index (χ2v) is 11.0. The van der Waals surface area contributed by atoms with E-state index in [4.69, 9.17) is 0 Å². The highest BCUT2D eigenvalue weighted by molar-refractivity contribution is 7.91. The average molecular weight is 444 g/mol. The molecule has 3 aromatic rings. The SMILES string of the molecule is CCn1cc(S(=O)(=O)c2cccc(N3CCN(C(C)(C)C)CC3)c2)c2cc(F)ccc21. The van der Waals surface area contributed by atoms with Gasteiger partial charge in [-0.15, -0.1) is 0 Å². The van der Waals surface area contributed by atoms with Crippen molar-refractivity contribution in [3.8, 4) is 0 Å². The van der Waals surface area contributed by atoms with Gasteiger partial charge in [-0.2, -0.15) is 0 Å². The fraction of sp³-hybridized carbons (Fsp3) is 0.417. The van der Waals surface area contributed by atoms with Crippen molar-refractivity contribution < 1.29 is 12.8 Å². The van der Waals surface area contributed by atoms with E-state index in [9.17, 15) is 12.8 Å². The predicted octanol–water partition coefficient (Wildman–Crippen LogP) is 4.55. The van der Waals surface area contributed by atoms with Gasteiger partial charge >= 0.3 is 0 Å². The van der Waals surface area contributed by atoms with E-state index < -0.39 is 15.7 Å². The fourth-order valence-electron chi connectivity index (χ4n) is 4.32. The lowest BCUT2D eigenvalue weighted by Gasteiger charge is -2.43. The van der Waals surface area contributed by atoms with Crippen molar-refractivity contribution >= 4 is 26.4 Å². The molecular formula is C24H30FN3O2S. The summed E-state index contributed by atoms with van der Waals surface area (Å²) in [7, 11) is -3.79. The molecule has 31 heavy (non-hydrogen) atoms. The first-order chi connectivity index (χ1) is 14.6. The van der Waals surface area contributed by atoms with E-state index in [0.717, 1.165) is 37.4 Å². The molecule has 2 aromatic carbocycles. The Morgan fingerprint density at radius 2 is 1.71 bits per heavy atom. The van der Waals surface area contributed by atoms with Crippen LogP contribution in [0.1, 0.15) is 27.7 Å². The van der Waals surface area contributed by atoms with Crippen molar-refractivity contribution in [2.24, 2.45) is 0 Å². The van der Waals surface area contributed by atoms with Gasteiger partial charge < -0.3 is 9.47 Å². The van der Waals surface area contributed by atoms with E-state index in [1.807, 2.05) is 17.6 Å². The molecule has 0 amide bonds. The molecule has 0 bridgehead atoms. The molecule has 5 nitrogen and oxygen atoms in total. The van der Waals surface area contributed by atoms with E-state index in [2.05, 4.69) is 30.6 Å². The van der Waals surface area contributed by atoms with Gasteiger partial charge in [0.2, 0.25) is 9.84 Å². The van der Waals surface area contributed by atoms with Gasteiger partial charge in [0.15, 0.2) is 0 Å². The zero-order valence-electron chi connectivity index (χ0n) is 18.6. The van der Waals surface area contributed by atoms with Gasteiger partial charge in [-0.3, -0.25) is 4.90 Å². The van der Waals surface area contributed by atoms with Crippen LogP contribution in [0.2, 0.25) is 0 Å². The van der Waals surface area contributed by atoms with Gasteiger partial charge in [0.1, 0.15) is 5.82 Å².